The first-order valence-corrected chi connectivity index (χ1v) is 6.41. The SMILES string of the molecule is COc1cccc(CC(=O)c2cc3ccccc3o2)c1. The molecule has 0 radical (unpaired) electrons. The summed E-state index contributed by atoms with van der Waals surface area (Å²) in [4.78, 5) is 12.2. The Morgan fingerprint density at radius 3 is 2.75 bits per heavy atom. The number of carbonyl (C=O) groups is 1. The van der Waals surface area contributed by atoms with Gasteiger partial charge in [0.1, 0.15) is 11.3 Å². The Hall–Kier alpha value is -2.55. The molecule has 0 saturated heterocycles. The van der Waals surface area contributed by atoms with Crippen molar-refractivity contribution in [3.05, 3.63) is 65.9 Å². The molecule has 0 atom stereocenters. The van der Waals surface area contributed by atoms with Crippen LogP contribution in [0.2, 0.25) is 0 Å². The summed E-state index contributed by atoms with van der Waals surface area (Å²) in [5, 5.41) is 0.946. The van der Waals surface area contributed by atoms with E-state index in [1.54, 1.807) is 13.2 Å². The summed E-state index contributed by atoms with van der Waals surface area (Å²) < 4.78 is 10.7. The molecule has 0 aliphatic rings. The first-order valence-electron chi connectivity index (χ1n) is 6.41. The van der Waals surface area contributed by atoms with Gasteiger partial charge in [-0.2, -0.15) is 0 Å². The zero-order chi connectivity index (χ0) is 13.9. The minimum absolute atomic E-state index is 0.0329. The van der Waals surface area contributed by atoms with Gasteiger partial charge in [0.2, 0.25) is 5.78 Å². The van der Waals surface area contributed by atoms with E-state index >= 15 is 0 Å². The molecule has 0 amide bonds. The molecular weight excluding hydrogens is 252 g/mol. The molecule has 2 aromatic carbocycles. The van der Waals surface area contributed by atoms with Gasteiger partial charge in [-0.3, -0.25) is 4.79 Å². The van der Waals surface area contributed by atoms with E-state index in [4.69, 9.17) is 9.15 Å². The van der Waals surface area contributed by atoms with E-state index in [9.17, 15) is 4.79 Å². The van der Waals surface area contributed by atoms with Crippen molar-refractivity contribution < 1.29 is 13.9 Å². The summed E-state index contributed by atoms with van der Waals surface area (Å²) in [5.41, 5.74) is 1.65. The highest BCUT2D eigenvalue weighted by atomic mass is 16.5. The molecule has 0 unspecified atom stereocenters. The summed E-state index contributed by atoms with van der Waals surface area (Å²) in [6.45, 7) is 0. The first kappa shape index (κ1) is 12.5. The lowest BCUT2D eigenvalue weighted by Gasteiger charge is -2.02. The van der Waals surface area contributed by atoms with Crippen molar-refractivity contribution in [2.24, 2.45) is 0 Å². The number of hydrogen-bond acceptors (Lipinski definition) is 3. The molecule has 1 aromatic heterocycles. The van der Waals surface area contributed by atoms with Crippen LogP contribution in [0.25, 0.3) is 11.0 Å². The van der Waals surface area contributed by atoms with Crippen LogP contribution >= 0.6 is 0 Å². The van der Waals surface area contributed by atoms with Crippen LogP contribution < -0.4 is 4.74 Å². The minimum atomic E-state index is -0.0329. The molecule has 3 nitrogen and oxygen atoms in total. The van der Waals surface area contributed by atoms with Crippen molar-refractivity contribution in [2.75, 3.05) is 7.11 Å². The fraction of sp³-hybridized carbons (Fsp3) is 0.118. The highest BCUT2D eigenvalue weighted by Gasteiger charge is 2.13. The van der Waals surface area contributed by atoms with E-state index in [-0.39, 0.29) is 5.78 Å². The third-order valence-corrected chi connectivity index (χ3v) is 3.20. The number of para-hydroxylation sites is 1. The summed E-state index contributed by atoms with van der Waals surface area (Å²) >= 11 is 0. The number of furan rings is 1. The normalized spacial score (nSPS) is 10.7. The molecule has 0 spiro atoms. The number of Topliss-reactive ketones (excluding diaryl/α,β-unsaturated/α-hetero) is 1. The van der Waals surface area contributed by atoms with Gasteiger partial charge in [0, 0.05) is 11.8 Å². The van der Waals surface area contributed by atoms with Gasteiger partial charge >= 0.3 is 0 Å². The maximum Gasteiger partial charge on any atom is 0.202 e. The lowest BCUT2D eigenvalue weighted by Crippen LogP contribution is -2.02. The van der Waals surface area contributed by atoms with Crippen LogP contribution in [0.3, 0.4) is 0 Å². The number of ketones is 1. The van der Waals surface area contributed by atoms with Crippen molar-refractivity contribution in [2.45, 2.75) is 6.42 Å². The third kappa shape index (κ3) is 2.43. The molecule has 1 heterocycles. The average molecular weight is 266 g/mol. The second-order valence-electron chi connectivity index (χ2n) is 4.60. The summed E-state index contributed by atoms with van der Waals surface area (Å²) in [5.74, 6) is 1.11. The predicted molar refractivity (Wildman–Crippen MR) is 77.2 cm³/mol. The van der Waals surface area contributed by atoms with Crippen LogP contribution in [0.1, 0.15) is 16.1 Å². The number of hydrogen-bond donors (Lipinski definition) is 0. The fourth-order valence-electron chi connectivity index (χ4n) is 2.17. The number of rotatable bonds is 4. The van der Waals surface area contributed by atoms with E-state index in [0.717, 1.165) is 22.3 Å². The number of fused-ring (bicyclic) bond motifs is 1. The highest BCUT2D eigenvalue weighted by molar-refractivity contribution is 5.98. The number of ether oxygens (including phenoxy) is 1. The van der Waals surface area contributed by atoms with Crippen molar-refractivity contribution in [1.29, 1.82) is 0 Å². The smallest absolute Gasteiger partial charge is 0.202 e. The largest absolute Gasteiger partial charge is 0.497 e. The lowest BCUT2D eigenvalue weighted by atomic mass is 10.1. The highest BCUT2D eigenvalue weighted by Crippen LogP contribution is 2.21. The van der Waals surface area contributed by atoms with Gasteiger partial charge in [0.15, 0.2) is 5.76 Å². The Balaban J connectivity index is 1.85. The predicted octanol–water partition coefficient (Wildman–Crippen LogP) is 3.87. The van der Waals surface area contributed by atoms with Gasteiger partial charge in [0.25, 0.3) is 0 Å². The van der Waals surface area contributed by atoms with Crippen LogP contribution in [0.4, 0.5) is 0 Å². The average Bonchev–Trinajstić information content (AvgIpc) is 2.91. The Labute approximate surface area is 116 Å². The molecule has 0 fully saturated rings. The van der Waals surface area contributed by atoms with E-state index in [2.05, 4.69) is 0 Å². The summed E-state index contributed by atoms with van der Waals surface area (Å²) in [6, 6.07) is 16.9. The van der Waals surface area contributed by atoms with Gasteiger partial charge in [-0.15, -0.1) is 0 Å². The van der Waals surface area contributed by atoms with E-state index < -0.39 is 0 Å². The zero-order valence-corrected chi connectivity index (χ0v) is 11.1. The Bertz CT molecular complexity index is 723. The summed E-state index contributed by atoms with van der Waals surface area (Å²) in [7, 11) is 1.61. The lowest BCUT2D eigenvalue weighted by molar-refractivity contribution is 0.0968. The van der Waals surface area contributed by atoms with Gasteiger partial charge in [-0.1, -0.05) is 30.3 Å². The Morgan fingerprint density at radius 2 is 1.95 bits per heavy atom. The van der Waals surface area contributed by atoms with Crippen LogP contribution in [0.15, 0.2) is 59.0 Å². The van der Waals surface area contributed by atoms with Gasteiger partial charge in [0.05, 0.1) is 7.11 Å². The molecule has 20 heavy (non-hydrogen) atoms. The second kappa shape index (κ2) is 5.21. The monoisotopic (exact) mass is 266 g/mol. The van der Waals surface area contributed by atoms with Crippen molar-refractivity contribution >= 4 is 16.8 Å². The van der Waals surface area contributed by atoms with Crippen molar-refractivity contribution in [3.8, 4) is 5.75 Å². The van der Waals surface area contributed by atoms with Gasteiger partial charge < -0.3 is 9.15 Å². The fourth-order valence-corrected chi connectivity index (χ4v) is 2.17. The van der Waals surface area contributed by atoms with Crippen LogP contribution in [0.5, 0.6) is 5.75 Å². The van der Waals surface area contributed by atoms with Crippen LogP contribution in [0, 0.1) is 0 Å². The van der Waals surface area contributed by atoms with E-state index in [1.165, 1.54) is 0 Å². The van der Waals surface area contributed by atoms with E-state index in [0.29, 0.717) is 12.2 Å². The second-order valence-corrected chi connectivity index (χ2v) is 4.60. The Morgan fingerprint density at radius 1 is 1.10 bits per heavy atom. The molecule has 0 aliphatic carbocycles. The van der Waals surface area contributed by atoms with Gasteiger partial charge in [-0.05, 0) is 29.8 Å². The van der Waals surface area contributed by atoms with Crippen molar-refractivity contribution in [3.63, 3.8) is 0 Å². The molecule has 0 saturated carbocycles. The number of benzene rings is 2. The molecule has 100 valence electrons. The number of carbonyl (C=O) groups excluding carboxylic acids is 1. The maximum absolute atomic E-state index is 12.2. The minimum Gasteiger partial charge on any atom is -0.497 e. The third-order valence-electron chi connectivity index (χ3n) is 3.20. The summed E-state index contributed by atoms with van der Waals surface area (Å²) in [6.07, 6.45) is 0.303. The van der Waals surface area contributed by atoms with Crippen LogP contribution in [-0.4, -0.2) is 12.9 Å². The molecule has 3 aromatic rings. The molecule has 0 N–H and O–H groups in total. The molecule has 3 heteroatoms. The van der Waals surface area contributed by atoms with Crippen LogP contribution in [-0.2, 0) is 6.42 Å². The first-order chi connectivity index (χ1) is 9.76. The molecule has 3 rings (SSSR count). The number of methoxy groups -OCH3 is 1. The molecule has 0 aliphatic heterocycles. The van der Waals surface area contributed by atoms with Crippen molar-refractivity contribution in [1.82, 2.24) is 0 Å². The molecular formula is C17H14O3. The standard InChI is InChI=1S/C17H14O3/c1-19-14-7-4-5-12(9-14)10-15(18)17-11-13-6-2-3-8-16(13)20-17/h2-9,11H,10H2,1H3. The Kier molecular flexibility index (Phi) is 3.25. The zero-order valence-electron chi connectivity index (χ0n) is 11.1. The molecule has 0 bridgehead atoms. The maximum atomic E-state index is 12.2. The quantitative estimate of drug-likeness (QED) is 0.673. The topological polar surface area (TPSA) is 39.4 Å². The van der Waals surface area contributed by atoms with E-state index in [1.807, 2.05) is 48.5 Å². The van der Waals surface area contributed by atoms with Gasteiger partial charge in [-0.25, -0.2) is 0 Å².